The summed E-state index contributed by atoms with van der Waals surface area (Å²) in [7, 11) is 0. The van der Waals surface area contributed by atoms with Crippen LogP contribution in [0.25, 0.3) is 11.3 Å². The van der Waals surface area contributed by atoms with Gasteiger partial charge in [-0.2, -0.15) is 0 Å². The number of halogens is 1. The number of hydrogen-bond donors (Lipinski definition) is 1. The first-order valence-electron chi connectivity index (χ1n) is 5.49. The van der Waals surface area contributed by atoms with Crippen molar-refractivity contribution in [3.05, 3.63) is 41.4 Å². The van der Waals surface area contributed by atoms with E-state index in [1.54, 1.807) is 0 Å². The Bertz CT molecular complexity index is 572. The summed E-state index contributed by atoms with van der Waals surface area (Å²) in [5, 5.41) is 13.0. The number of benzene rings is 1. The number of carboxylic acids is 1. The van der Waals surface area contributed by atoms with Crippen LogP contribution in [0.4, 0.5) is 4.39 Å². The molecule has 0 aliphatic rings. The zero-order chi connectivity index (χ0) is 13.3. The van der Waals surface area contributed by atoms with Gasteiger partial charge in [-0.15, -0.1) is 0 Å². The molecule has 0 aliphatic heterocycles. The molecule has 0 saturated carbocycles. The van der Waals surface area contributed by atoms with E-state index >= 15 is 0 Å². The molecule has 0 aliphatic carbocycles. The molecule has 2 rings (SSSR count). The highest BCUT2D eigenvalue weighted by atomic mass is 19.1. The zero-order valence-electron chi connectivity index (χ0n) is 9.98. The van der Waals surface area contributed by atoms with Crippen molar-refractivity contribution in [2.75, 3.05) is 0 Å². The van der Waals surface area contributed by atoms with Gasteiger partial charge in [0.2, 0.25) is 0 Å². The maximum Gasteiger partial charge on any atom is 0.341 e. The third kappa shape index (κ3) is 2.11. The fourth-order valence-corrected chi connectivity index (χ4v) is 1.71. The minimum atomic E-state index is -1.10. The maximum absolute atomic E-state index is 12.8. The Balaban J connectivity index is 2.58. The molecular formula is C13H12FNO3. The first kappa shape index (κ1) is 12.3. The molecule has 1 N–H and O–H groups in total. The van der Waals surface area contributed by atoms with Gasteiger partial charge in [0.25, 0.3) is 0 Å². The van der Waals surface area contributed by atoms with E-state index in [1.165, 1.54) is 24.3 Å². The lowest BCUT2D eigenvalue weighted by atomic mass is 10.0. The number of aromatic nitrogens is 1. The van der Waals surface area contributed by atoms with Crippen molar-refractivity contribution in [2.24, 2.45) is 0 Å². The fraction of sp³-hybridized carbons (Fsp3) is 0.231. The summed E-state index contributed by atoms with van der Waals surface area (Å²) in [5.74, 6) is -1.25. The highest BCUT2D eigenvalue weighted by Gasteiger charge is 2.25. The lowest BCUT2D eigenvalue weighted by Crippen LogP contribution is -2.02. The van der Waals surface area contributed by atoms with Crippen molar-refractivity contribution in [1.29, 1.82) is 0 Å². The van der Waals surface area contributed by atoms with Gasteiger partial charge in [-0.05, 0) is 24.3 Å². The van der Waals surface area contributed by atoms with Crippen molar-refractivity contribution in [1.82, 2.24) is 5.16 Å². The summed E-state index contributed by atoms with van der Waals surface area (Å²) < 4.78 is 17.9. The van der Waals surface area contributed by atoms with E-state index in [9.17, 15) is 14.3 Å². The highest BCUT2D eigenvalue weighted by molar-refractivity contribution is 5.95. The average molecular weight is 249 g/mol. The lowest BCUT2D eigenvalue weighted by molar-refractivity contribution is 0.0694. The number of carboxylic acid groups (broad SMARTS) is 1. The molecule has 0 fully saturated rings. The Morgan fingerprint density at radius 2 is 1.94 bits per heavy atom. The molecule has 0 amide bonds. The van der Waals surface area contributed by atoms with E-state index in [0.717, 1.165) is 0 Å². The minimum absolute atomic E-state index is 0.0385. The van der Waals surface area contributed by atoms with Gasteiger partial charge >= 0.3 is 5.97 Å². The topological polar surface area (TPSA) is 63.3 Å². The normalized spacial score (nSPS) is 10.9. The van der Waals surface area contributed by atoms with Gasteiger partial charge in [0.15, 0.2) is 5.76 Å². The average Bonchev–Trinajstić information content (AvgIpc) is 2.74. The van der Waals surface area contributed by atoms with Gasteiger partial charge < -0.3 is 9.63 Å². The molecule has 2 aromatic rings. The Morgan fingerprint density at radius 1 is 1.33 bits per heavy atom. The minimum Gasteiger partial charge on any atom is -0.477 e. The van der Waals surface area contributed by atoms with Crippen molar-refractivity contribution < 1.29 is 18.8 Å². The fourth-order valence-electron chi connectivity index (χ4n) is 1.71. The molecule has 1 aromatic carbocycles. The summed E-state index contributed by atoms with van der Waals surface area (Å²) in [6.45, 7) is 3.64. The molecule has 18 heavy (non-hydrogen) atoms. The van der Waals surface area contributed by atoms with E-state index < -0.39 is 5.97 Å². The highest BCUT2D eigenvalue weighted by Crippen LogP contribution is 2.29. The van der Waals surface area contributed by atoms with E-state index in [-0.39, 0.29) is 23.0 Å². The van der Waals surface area contributed by atoms with Crippen LogP contribution in [-0.4, -0.2) is 16.2 Å². The van der Waals surface area contributed by atoms with Gasteiger partial charge in [0, 0.05) is 11.5 Å². The SMILES string of the molecule is CC(C)c1onc(-c2ccc(F)cc2)c1C(=O)O. The van der Waals surface area contributed by atoms with Crippen LogP contribution < -0.4 is 0 Å². The third-order valence-corrected chi connectivity index (χ3v) is 2.57. The molecule has 1 heterocycles. The zero-order valence-corrected chi connectivity index (χ0v) is 9.98. The molecule has 0 saturated heterocycles. The van der Waals surface area contributed by atoms with Crippen molar-refractivity contribution in [2.45, 2.75) is 19.8 Å². The summed E-state index contributed by atoms with van der Waals surface area (Å²) in [6.07, 6.45) is 0. The van der Waals surface area contributed by atoms with Gasteiger partial charge in [0.05, 0.1) is 0 Å². The molecule has 1 aromatic heterocycles. The van der Waals surface area contributed by atoms with Crippen LogP contribution in [0.2, 0.25) is 0 Å². The van der Waals surface area contributed by atoms with E-state index in [2.05, 4.69) is 5.16 Å². The van der Waals surface area contributed by atoms with Gasteiger partial charge in [0.1, 0.15) is 17.1 Å². The second kappa shape index (κ2) is 4.60. The Hall–Kier alpha value is -2.17. The predicted octanol–water partition coefficient (Wildman–Crippen LogP) is 3.30. The van der Waals surface area contributed by atoms with Gasteiger partial charge in [-0.25, -0.2) is 9.18 Å². The summed E-state index contributed by atoms with van der Waals surface area (Å²) >= 11 is 0. The lowest BCUT2D eigenvalue weighted by Gasteiger charge is -2.01. The summed E-state index contributed by atoms with van der Waals surface area (Å²) in [5.41, 5.74) is 0.784. The molecule has 4 nitrogen and oxygen atoms in total. The van der Waals surface area contributed by atoms with Crippen LogP contribution in [0.1, 0.15) is 35.9 Å². The molecule has 0 unspecified atom stereocenters. The van der Waals surface area contributed by atoms with Gasteiger partial charge in [-0.1, -0.05) is 19.0 Å². The third-order valence-electron chi connectivity index (χ3n) is 2.57. The second-order valence-electron chi connectivity index (χ2n) is 4.24. The summed E-state index contributed by atoms with van der Waals surface area (Å²) in [4.78, 5) is 11.3. The number of rotatable bonds is 3. The molecule has 0 bridgehead atoms. The Morgan fingerprint density at radius 3 is 2.44 bits per heavy atom. The molecule has 5 heteroatoms. The molecule has 94 valence electrons. The first-order chi connectivity index (χ1) is 8.50. The maximum atomic E-state index is 12.8. The quantitative estimate of drug-likeness (QED) is 0.906. The van der Waals surface area contributed by atoms with Crippen LogP contribution in [0, 0.1) is 5.82 Å². The standard InChI is InChI=1S/C13H12FNO3/c1-7(2)12-10(13(16)17)11(15-18-12)8-3-5-9(14)6-4-8/h3-7H,1-2H3,(H,16,17). The van der Waals surface area contributed by atoms with Crippen LogP contribution in [0.3, 0.4) is 0 Å². The van der Waals surface area contributed by atoms with Crippen LogP contribution in [0.5, 0.6) is 0 Å². The van der Waals surface area contributed by atoms with Gasteiger partial charge in [-0.3, -0.25) is 0 Å². The Kier molecular flexibility index (Phi) is 3.14. The van der Waals surface area contributed by atoms with Crippen molar-refractivity contribution in [3.63, 3.8) is 0 Å². The molecule has 0 spiro atoms. The van der Waals surface area contributed by atoms with E-state index in [1.807, 2.05) is 13.8 Å². The Labute approximate surface area is 103 Å². The number of hydrogen-bond acceptors (Lipinski definition) is 3. The monoisotopic (exact) mass is 249 g/mol. The molecule has 0 radical (unpaired) electrons. The predicted molar refractivity (Wildman–Crippen MR) is 62.9 cm³/mol. The smallest absolute Gasteiger partial charge is 0.341 e. The van der Waals surface area contributed by atoms with Crippen LogP contribution in [0.15, 0.2) is 28.8 Å². The number of aromatic carboxylic acids is 1. The van der Waals surface area contributed by atoms with Crippen molar-refractivity contribution in [3.8, 4) is 11.3 Å². The second-order valence-corrected chi connectivity index (χ2v) is 4.24. The number of carbonyl (C=O) groups is 1. The summed E-state index contributed by atoms with van der Waals surface area (Å²) in [6, 6.07) is 5.46. The molecular weight excluding hydrogens is 237 g/mol. The van der Waals surface area contributed by atoms with Crippen LogP contribution >= 0.6 is 0 Å². The largest absolute Gasteiger partial charge is 0.477 e. The van der Waals surface area contributed by atoms with Crippen LogP contribution in [-0.2, 0) is 0 Å². The number of nitrogens with zero attached hydrogens (tertiary/aromatic N) is 1. The van der Waals surface area contributed by atoms with E-state index in [4.69, 9.17) is 4.52 Å². The first-order valence-corrected chi connectivity index (χ1v) is 5.49. The van der Waals surface area contributed by atoms with Crippen molar-refractivity contribution >= 4 is 5.97 Å². The van der Waals surface area contributed by atoms with E-state index in [0.29, 0.717) is 11.3 Å². The molecule has 0 atom stereocenters.